The van der Waals surface area contributed by atoms with Crippen molar-refractivity contribution in [1.82, 2.24) is 0 Å². The van der Waals surface area contributed by atoms with Crippen LogP contribution in [0.15, 0.2) is 30.3 Å². The van der Waals surface area contributed by atoms with Gasteiger partial charge in [-0.15, -0.1) is 11.8 Å². The van der Waals surface area contributed by atoms with Crippen molar-refractivity contribution in [1.29, 1.82) is 5.26 Å². The van der Waals surface area contributed by atoms with Gasteiger partial charge in [0.25, 0.3) is 0 Å². The lowest BCUT2D eigenvalue weighted by atomic mass is 9.96. The molecule has 16 heavy (non-hydrogen) atoms. The highest BCUT2D eigenvalue weighted by atomic mass is 32.2. The summed E-state index contributed by atoms with van der Waals surface area (Å²) in [4.78, 5) is 0. The van der Waals surface area contributed by atoms with Crippen molar-refractivity contribution >= 4 is 11.8 Å². The van der Waals surface area contributed by atoms with Crippen LogP contribution in [-0.2, 0) is 6.42 Å². The second-order valence-electron chi connectivity index (χ2n) is 4.40. The summed E-state index contributed by atoms with van der Waals surface area (Å²) in [5.41, 5.74) is 1.39. The number of hydrogen-bond donors (Lipinski definition) is 0. The maximum Gasteiger partial charge on any atom is 0.102 e. The molecular formula is C14H17NS. The molecule has 1 saturated heterocycles. The SMILES string of the molecule is N#CC1(CCCc2ccccc2)CCCS1. The molecule has 0 aliphatic carbocycles. The van der Waals surface area contributed by atoms with Crippen molar-refractivity contribution in [2.45, 2.75) is 36.9 Å². The molecule has 1 fully saturated rings. The van der Waals surface area contributed by atoms with Crippen molar-refractivity contribution in [2.24, 2.45) is 0 Å². The van der Waals surface area contributed by atoms with E-state index in [1.807, 2.05) is 17.8 Å². The van der Waals surface area contributed by atoms with Crippen molar-refractivity contribution in [2.75, 3.05) is 5.75 Å². The van der Waals surface area contributed by atoms with E-state index in [4.69, 9.17) is 0 Å². The van der Waals surface area contributed by atoms with Gasteiger partial charge < -0.3 is 0 Å². The van der Waals surface area contributed by atoms with Crippen molar-refractivity contribution < 1.29 is 0 Å². The summed E-state index contributed by atoms with van der Waals surface area (Å²) in [7, 11) is 0. The van der Waals surface area contributed by atoms with Gasteiger partial charge in [0.2, 0.25) is 0 Å². The van der Waals surface area contributed by atoms with Crippen LogP contribution in [0.5, 0.6) is 0 Å². The van der Waals surface area contributed by atoms with Crippen LogP contribution in [0.3, 0.4) is 0 Å². The molecule has 0 amide bonds. The number of benzene rings is 1. The minimum Gasteiger partial charge on any atom is -0.197 e. The Morgan fingerprint density at radius 2 is 2.12 bits per heavy atom. The lowest BCUT2D eigenvalue weighted by Crippen LogP contribution is -2.18. The Bertz CT molecular complexity index is 360. The van der Waals surface area contributed by atoms with E-state index in [0.29, 0.717) is 0 Å². The zero-order valence-corrected chi connectivity index (χ0v) is 10.3. The van der Waals surface area contributed by atoms with Crippen molar-refractivity contribution in [3.05, 3.63) is 35.9 Å². The summed E-state index contributed by atoms with van der Waals surface area (Å²) in [6.07, 6.45) is 5.57. The first-order valence-corrected chi connectivity index (χ1v) is 6.92. The highest BCUT2D eigenvalue weighted by Gasteiger charge is 2.33. The Hall–Kier alpha value is -0.940. The average Bonchev–Trinajstić information content (AvgIpc) is 2.80. The van der Waals surface area contributed by atoms with Gasteiger partial charge in [-0.3, -0.25) is 0 Å². The van der Waals surface area contributed by atoms with Gasteiger partial charge in [-0.1, -0.05) is 30.3 Å². The third kappa shape index (κ3) is 2.80. The van der Waals surface area contributed by atoms with Crippen LogP contribution in [0, 0.1) is 11.3 Å². The molecule has 1 aromatic carbocycles. The smallest absolute Gasteiger partial charge is 0.102 e. The first-order chi connectivity index (χ1) is 7.85. The van der Waals surface area contributed by atoms with E-state index in [9.17, 15) is 5.26 Å². The number of rotatable bonds is 4. The van der Waals surface area contributed by atoms with E-state index in [2.05, 4.69) is 30.3 Å². The summed E-state index contributed by atoms with van der Waals surface area (Å²) in [5, 5.41) is 9.24. The predicted octanol–water partition coefficient (Wildman–Crippen LogP) is 3.80. The van der Waals surface area contributed by atoms with Crippen LogP contribution in [0.1, 0.15) is 31.2 Å². The third-order valence-corrected chi connectivity index (χ3v) is 4.74. The predicted molar refractivity (Wildman–Crippen MR) is 69.4 cm³/mol. The molecule has 0 N–H and O–H groups in total. The molecule has 84 valence electrons. The van der Waals surface area contributed by atoms with Crippen LogP contribution in [0.2, 0.25) is 0 Å². The molecule has 1 atom stereocenters. The fraction of sp³-hybridized carbons (Fsp3) is 0.500. The highest BCUT2D eigenvalue weighted by molar-refractivity contribution is 8.01. The van der Waals surface area contributed by atoms with Crippen LogP contribution in [0.4, 0.5) is 0 Å². The summed E-state index contributed by atoms with van der Waals surface area (Å²) >= 11 is 1.86. The minimum absolute atomic E-state index is 0.0607. The van der Waals surface area contributed by atoms with Crippen molar-refractivity contribution in [3.63, 3.8) is 0 Å². The van der Waals surface area contributed by atoms with Gasteiger partial charge in [-0.2, -0.15) is 5.26 Å². The number of thioether (sulfide) groups is 1. The fourth-order valence-corrected chi connectivity index (χ4v) is 3.58. The average molecular weight is 231 g/mol. The molecule has 1 nitrogen and oxygen atoms in total. The van der Waals surface area contributed by atoms with Gasteiger partial charge in [-0.25, -0.2) is 0 Å². The monoisotopic (exact) mass is 231 g/mol. The Balaban J connectivity index is 1.82. The minimum atomic E-state index is -0.0607. The van der Waals surface area contributed by atoms with Gasteiger partial charge in [0.15, 0.2) is 0 Å². The molecule has 2 heteroatoms. The molecule has 0 bridgehead atoms. The standard InChI is InChI=1S/C14H17NS/c15-12-14(10-5-11-16-14)9-4-8-13-6-2-1-3-7-13/h1-3,6-7H,4-5,8-11H2. The molecule has 1 aromatic rings. The molecule has 0 aromatic heterocycles. The zero-order valence-electron chi connectivity index (χ0n) is 9.48. The molecule has 1 heterocycles. The molecule has 0 radical (unpaired) electrons. The lowest BCUT2D eigenvalue weighted by Gasteiger charge is -2.18. The Kier molecular flexibility index (Phi) is 3.90. The maximum atomic E-state index is 9.24. The van der Waals surface area contributed by atoms with Gasteiger partial charge in [-0.05, 0) is 43.4 Å². The van der Waals surface area contributed by atoms with E-state index in [1.54, 1.807) is 0 Å². The number of nitriles is 1. The van der Waals surface area contributed by atoms with Crippen LogP contribution in [0.25, 0.3) is 0 Å². The van der Waals surface area contributed by atoms with Crippen LogP contribution in [-0.4, -0.2) is 10.5 Å². The highest BCUT2D eigenvalue weighted by Crippen LogP contribution is 2.41. The Morgan fingerprint density at radius 3 is 2.75 bits per heavy atom. The molecule has 1 unspecified atom stereocenters. The topological polar surface area (TPSA) is 23.8 Å². The number of nitrogens with zero attached hydrogens (tertiary/aromatic N) is 1. The first-order valence-electron chi connectivity index (χ1n) is 5.94. The zero-order chi connectivity index (χ0) is 11.3. The molecule has 2 rings (SSSR count). The number of aryl methyl sites for hydroxylation is 1. The summed E-state index contributed by atoms with van der Waals surface area (Å²) < 4.78 is -0.0607. The maximum absolute atomic E-state index is 9.24. The van der Waals surface area contributed by atoms with E-state index in [1.165, 1.54) is 17.7 Å². The summed E-state index contributed by atoms with van der Waals surface area (Å²) in [6, 6.07) is 13.1. The normalized spacial score (nSPS) is 24.2. The van der Waals surface area contributed by atoms with E-state index >= 15 is 0 Å². The summed E-state index contributed by atoms with van der Waals surface area (Å²) in [6.45, 7) is 0. The van der Waals surface area contributed by atoms with Gasteiger partial charge >= 0.3 is 0 Å². The second-order valence-corrected chi connectivity index (χ2v) is 5.88. The summed E-state index contributed by atoms with van der Waals surface area (Å²) in [5.74, 6) is 1.17. The Labute approximate surface area is 102 Å². The molecule has 0 saturated carbocycles. The van der Waals surface area contributed by atoms with Gasteiger partial charge in [0, 0.05) is 0 Å². The van der Waals surface area contributed by atoms with Gasteiger partial charge in [0.1, 0.15) is 4.75 Å². The quantitative estimate of drug-likeness (QED) is 0.787. The van der Waals surface area contributed by atoms with Crippen molar-refractivity contribution in [3.8, 4) is 6.07 Å². The second kappa shape index (κ2) is 5.41. The molecule has 1 aliphatic heterocycles. The van der Waals surface area contributed by atoms with E-state index in [-0.39, 0.29) is 4.75 Å². The first kappa shape index (κ1) is 11.5. The largest absolute Gasteiger partial charge is 0.197 e. The molecule has 0 spiro atoms. The third-order valence-electron chi connectivity index (χ3n) is 3.20. The van der Waals surface area contributed by atoms with Crippen LogP contribution < -0.4 is 0 Å². The lowest BCUT2D eigenvalue weighted by molar-refractivity contribution is 0.591. The molecule has 1 aliphatic rings. The van der Waals surface area contributed by atoms with Crippen LogP contribution >= 0.6 is 11.8 Å². The Morgan fingerprint density at radius 1 is 1.31 bits per heavy atom. The van der Waals surface area contributed by atoms with Gasteiger partial charge in [0.05, 0.1) is 6.07 Å². The fourth-order valence-electron chi connectivity index (χ4n) is 2.26. The van der Waals surface area contributed by atoms with E-state index < -0.39 is 0 Å². The molecular weight excluding hydrogens is 214 g/mol. The number of hydrogen-bond acceptors (Lipinski definition) is 2. The van der Waals surface area contributed by atoms with E-state index in [0.717, 1.165) is 25.7 Å².